The van der Waals surface area contributed by atoms with E-state index in [9.17, 15) is 14.7 Å². The van der Waals surface area contributed by atoms with E-state index in [0.29, 0.717) is 0 Å². The zero-order valence-electron chi connectivity index (χ0n) is 9.80. The Morgan fingerprint density at radius 2 is 2.00 bits per heavy atom. The summed E-state index contributed by atoms with van der Waals surface area (Å²) >= 11 is 0. The number of phenolic OH excluding ortho intramolecular Hbond substituents is 1. The van der Waals surface area contributed by atoms with Crippen molar-refractivity contribution in [1.29, 1.82) is 0 Å². The first-order chi connectivity index (χ1) is 8.56. The summed E-state index contributed by atoms with van der Waals surface area (Å²) in [5.41, 5.74) is 5.18. The first kappa shape index (κ1) is 14.1. The predicted molar refractivity (Wildman–Crippen MR) is 65.1 cm³/mol. The SMILES string of the molecule is NC(=O)CC(NCCO)C(=O)c1ccccc1O. The van der Waals surface area contributed by atoms with Crippen molar-refractivity contribution in [3.63, 3.8) is 0 Å². The molecular weight excluding hydrogens is 236 g/mol. The molecule has 0 saturated carbocycles. The molecule has 1 atom stereocenters. The standard InChI is InChI=1S/C12H16N2O4/c13-11(17)7-9(14-5-6-15)12(18)8-3-1-2-4-10(8)16/h1-4,9,14-16H,5-7H2,(H2,13,17). The van der Waals surface area contributed by atoms with Gasteiger partial charge in [-0.15, -0.1) is 0 Å². The van der Waals surface area contributed by atoms with Crippen LogP contribution in [0.5, 0.6) is 5.75 Å². The number of primary amides is 1. The number of carbonyl (C=O) groups is 2. The van der Waals surface area contributed by atoms with E-state index in [1.807, 2.05) is 0 Å². The van der Waals surface area contributed by atoms with Gasteiger partial charge in [-0.25, -0.2) is 0 Å². The number of ketones is 1. The molecular formula is C12H16N2O4. The summed E-state index contributed by atoms with van der Waals surface area (Å²) in [6, 6.07) is 5.21. The fourth-order valence-corrected chi connectivity index (χ4v) is 1.57. The van der Waals surface area contributed by atoms with Crippen LogP contribution in [0.1, 0.15) is 16.8 Å². The first-order valence-electron chi connectivity index (χ1n) is 5.51. The fraction of sp³-hybridized carbons (Fsp3) is 0.333. The smallest absolute Gasteiger partial charge is 0.219 e. The Hall–Kier alpha value is -1.92. The lowest BCUT2D eigenvalue weighted by atomic mass is 10.0. The molecule has 1 amide bonds. The summed E-state index contributed by atoms with van der Waals surface area (Å²) in [6.45, 7) is 0.000591. The molecule has 1 aromatic carbocycles. The second-order valence-electron chi connectivity index (χ2n) is 3.78. The van der Waals surface area contributed by atoms with Gasteiger partial charge in [-0.05, 0) is 12.1 Å². The second kappa shape index (κ2) is 6.73. The molecule has 0 radical (unpaired) electrons. The van der Waals surface area contributed by atoms with Crippen molar-refractivity contribution in [1.82, 2.24) is 5.32 Å². The molecule has 0 spiro atoms. The molecule has 0 aliphatic heterocycles. The highest BCUT2D eigenvalue weighted by Gasteiger charge is 2.23. The Kier molecular flexibility index (Phi) is 5.29. The van der Waals surface area contributed by atoms with Gasteiger partial charge >= 0.3 is 0 Å². The minimum Gasteiger partial charge on any atom is -0.507 e. The maximum Gasteiger partial charge on any atom is 0.219 e. The van der Waals surface area contributed by atoms with E-state index in [0.717, 1.165) is 0 Å². The number of nitrogens with one attached hydrogen (secondary N) is 1. The van der Waals surface area contributed by atoms with Gasteiger partial charge in [0.1, 0.15) is 5.75 Å². The van der Waals surface area contributed by atoms with E-state index < -0.39 is 17.7 Å². The molecule has 1 rings (SSSR count). The van der Waals surface area contributed by atoms with Crippen molar-refractivity contribution >= 4 is 11.7 Å². The molecule has 0 saturated heterocycles. The molecule has 6 heteroatoms. The highest BCUT2D eigenvalue weighted by Crippen LogP contribution is 2.18. The number of aliphatic hydroxyl groups is 1. The van der Waals surface area contributed by atoms with Crippen LogP contribution < -0.4 is 11.1 Å². The van der Waals surface area contributed by atoms with Gasteiger partial charge in [-0.1, -0.05) is 12.1 Å². The van der Waals surface area contributed by atoms with E-state index in [1.165, 1.54) is 12.1 Å². The van der Waals surface area contributed by atoms with Crippen LogP contribution in [0.15, 0.2) is 24.3 Å². The number of Topliss-reactive ketones (excluding diaryl/α,β-unsaturated/α-hetero) is 1. The summed E-state index contributed by atoms with van der Waals surface area (Å²) in [5.74, 6) is -1.21. The molecule has 5 N–H and O–H groups in total. The molecule has 1 aromatic rings. The molecule has 98 valence electrons. The average molecular weight is 252 g/mol. The largest absolute Gasteiger partial charge is 0.507 e. The summed E-state index contributed by atoms with van der Waals surface area (Å²) < 4.78 is 0. The third-order valence-corrected chi connectivity index (χ3v) is 2.39. The van der Waals surface area contributed by atoms with Crippen LogP contribution in [0.25, 0.3) is 0 Å². The number of para-hydroxylation sites is 1. The highest BCUT2D eigenvalue weighted by molar-refractivity contribution is 6.04. The third kappa shape index (κ3) is 3.83. The number of hydrogen-bond acceptors (Lipinski definition) is 5. The van der Waals surface area contributed by atoms with Gasteiger partial charge in [0.15, 0.2) is 5.78 Å². The topological polar surface area (TPSA) is 113 Å². The maximum atomic E-state index is 12.1. The Balaban J connectivity index is 2.87. The van der Waals surface area contributed by atoms with Crippen molar-refractivity contribution in [2.24, 2.45) is 5.73 Å². The van der Waals surface area contributed by atoms with Crippen LogP contribution in [0, 0.1) is 0 Å². The summed E-state index contributed by atoms with van der Waals surface area (Å²) in [4.78, 5) is 23.0. The summed E-state index contributed by atoms with van der Waals surface area (Å²) in [7, 11) is 0. The monoisotopic (exact) mass is 252 g/mol. The Morgan fingerprint density at radius 3 is 2.56 bits per heavy atom. The number of carbonyl (C=O) groups excluding carboxylic acids is 2. The first-order valence-corrected chi connectivity index (χ1v) is 5.51. The van der Waals surface area contributed by atoms with Gasteiger partial charge in [-0.2, -0.15) is 0 Å². The Bertz CT molecular complexity index is 434. The van der Waals surface area contributed by atoms with E-state index in [2.05, 4.69) is 5.32 Å². The average Bonchev–Trinajstić information content (AvgIpc) is 2.34. The van der Waals surface area contributed by atoms with Crippen LogP contribution in [0.3, 0.4) is 0 Å². The lowest BCUT2D eigenvalue weighted by Crippen LogP contribution is -2.41. The minimum atomic E-state index is -0.844. The predicted octanol–water partition coefficient (Wildman–Crippen LogP) is -0.599. The zero-order chi connectivity index (χ0) is 13.5. The third-order valence-electron chi connectivity index (χ3n) is 2.39. The number of aliphatic hydroxyl groups excluding tert-OH is 1. The van der Waals surface area contributed by atoms with Gasteiger partial charge in [0.05, 0.1) is 18.2 Å². The van der Waals surface area contributed by atoms with Crippen molar-refractivity contribution in [3.8, 4) is 5.75 Å². The zero-order valence-corrected chi connectivity index (χ0v) is 9.80. The molecule has 0 aromatic heterocycles. The number of rotatable bonds is 7. The Morgan fingerprint density at radius 1 is 1.33 bits per heavy atom. The van der Waals surface area contributed by atoms with Crippen LogP contribution >= 0.6 is 0 Å². The number of benzene rings is 1. The maximum absolute atomic E-state index is 12.1. The van der Waals surface area contributed by atoms with Gasteiger partial charge in [0.25, 0.3) is 0 Å². The summed E-state index contributed by atoms with van der Waals surface area (Å²) in [6.07, 6.45) is -0.187. The van der Waals surface area contributed by atoms with Crippen LogP contribution in [0.4, 0.5) is 0 Å². The molecule has 0 bridgehead atoms. The normalized spacial score (nSPS) is 12.1. The summed E-state index contributed by atoms with van der Waals surface area (Å²) in [5, 5.41) is 21.0. The fourth-order valence-electron chi connectivity index (χ4n) is 1.57. The number of amides is 1. The van der Waals surface area contributed by atoms with Gasteiger partial charge < -0.3 is 21.3 Å². The molecule has 0 fully saturated rings. The molecule has 0 heterocycles. The Labute approximate surface area is 104 Å². The minimum absolute atomic E-state index is 0.120. The number of nitrogens with two attached hydrogens (primary N) is 1. The van der Waals surface area contributed by atoms with E-state index >= 15 is 0 Å². The lowest BCUT2D eigenvalue weighted by molar-refractivity contribution is -0.118. The van der Waals surface area contributed by atoms with Crippen molar-refractivity contribution < 1.29 is 19.8 Å². The van der Waals surface area contributed by atoms with Crippen molar-refractivity contribution in [2.75, 3.05) is 13.2 Å². The molecule has 1 unspecified atom stereocenters. The molecule has 0 aliphatic carbocycles. The highest BCUT2D eigenvalue weighted by atomic mass is 16.3. The number of phenols is 1. The van der Waals surface area contributed by atoms with E-state index in [-0.39, 0.29) is 30.9 Å². The lowest BCUT2D eigenvalue weighted by Gasteiger charge is -2.16. The van der Waals surface area contributed by atoms with Gasteiger partial charge in [0, 0.05) is 13.0 Å². The van der Waals surface area contributed by atoms with Crippen molar-refractivity contribution in [2.45, 2.75) is 12.5 Å². The van der Waals surface area contributed by atoms with Gasteiger partial charge in [-0.3, -0.25) is 9.59 Å². The van der Waals surface area contributed by atoms with E-state index in [1.54, 1.807) is 12.1 Å². The second-order valence-corrected chi connectivity index (χ2v) is 3.78. The van der Waals surface area contributed by atoms with Crippen LogP contribution in [0.2, 0.25) is 0 Å². The number of aromatic hydroxyl groups is 1. The molecule has 18 heavy (non-hydrogen) atoms. The molecule has 0 aliphatic rings. The number of hydrogen-bond donors (Lipinski definition) is 4. The molecule has 6 nitrogen and oxygen atoms in total. The van der Waals surface area contributed by atoms with Crippen LogP contribution in [-0.4, -0.2) is 41.1 Å². The van der Waals surface area contributed by atoms with E-state index in [4.69, 9.17) is 10.8 Å². The van der Waals surface area contributed by atoms with Crippen LogP contribution in [-0.2, 0) is 4.79 Å². The van der Waals surface area contributed by atoms with Gasteiger partial charge in [0.2, 0.25) is 5.91 Å². The quantitative estimate of drug-likeness (QED) is 0.484. The van der Waals surface area contributed by atoms with Crippen molar-refractivity contribution in [3.05, 3.63) is 29.8 Å².